The number of nitrogens with zero attached hydrogens (tertiary/aromatic N) is 8. The van der Waals surface area contributed by atoms with Crippen LogP contribution in [-0.4, -0.2) is 37.4 Å². The van der Waals surface area contributed by atoms with Gasteiger partial charge in [-0.25, -0.2) is 9.97 Å². The number of hydrogen-bond acceptors (Lipinski definition) is 3. The average molecular weight is 1620 g/mol. The molecule has 0 saturated heterocycles. The van der Waals surface area contributed by atoms with E-state index in [2.05, 4.69) is 452 Å². The molecular formula is C118H72N8O. The van der Waals surface area contributed by atoms with E-state index in [1.54, 1.807) is 0 Å². The second-order valence-electron chi connectivity index (χ2n) is 33.6. The summed E-state index contributed by atoms with van der Waals surface area (Å²) in [6.45, 7) is 0. The zero-order valence-electron chi connectivity index (χ0n) is 68.6. The Balaban J connectivity index is 0.637. The molecule has 0 amide bonds. The summed E-state index contributed by atoms with van der Waals surface area (Å²) in [7, 11) is 0. The first-order valence-electron chi connectivity index (χ1n) is 43.4. The van der Waals surface area contributed by atoms with Gasteiger partial charge in [0, 0.05) is 115 Å². The Morgan fingerprint density at radius 2 is 0.370 bits per heavy atom. The van der Waals surface area contributed by atoms with Gasteiger partial charge in [-0.3, -0.25) is 4.57 Å². The van der Waals surface area contributed by atoms with E-state index in [0.717, 1.165) is 172 Å². The van der Waals surface area contributed by atoms with Gasteiger partial charge >= 0.3 is 0 Å². The van der Waals surface area contributed by atoms with Crippen molar-refractivity contribution in [2.24, 2.45) is 0 Å². The fourth-order valence-electron chi connectivity index (χ4n) is 20.8. The fourth-order valence-corrected chi connectivity index (χ4v) is 20.8. The van der Waals surface area contributed by atoms with E-state index in [9.17, 15) is 0 Å². The van der Waals surface area contributed by atoms with Crippen molar-refractivity contribution < 1.29 is 4.42 Å². The van der Waals surface area contributed by atoms with E-state index in [1.165, 1.54) is 76.2 Å². The van der Waals surface area contributed by atoms with Crippen molar-refractivity contribution in [2.45, 2.75) is 0 Å². The first kappa shape index (κ1) is 70.5. The molecule has 127 heavy (non-hydrogen) atoms. The maximum absolute atomic E-state index is 6.68. The summed E-state index contributed by atoms with van der Waals surface area (Å²) in [4.78, 5) is 11.5. The van der Waals surface area contributed by atoms with Gasteiger partial charge in [0.05, 0.1) is 77.6 Å². The molecule has 0 bridgehead atoms. The molecule has 8 heterocycles. The van der Waals surface area contributed by atoms with E-state index in [4.69, 9.17) is 14.4 Å². The normalized spacial score (nSPS) is 12.1. The molecule has 0 aliphatic carbocycles. The minimum atomic E-state index is 0.545. The van der Waals surface area contributed by atoms with Crippen LogP contribution in [0.2, 0.25) is 0 Å². The van der Waals surface area contributed by atoms with Gasteiger partial charge in [-0.15, -0.1) is 0 Å². The third kappa shape index (κ3) is 11.0. The molecule has 0 unspecified atom stereocenters. The van der Waals surface area contributed by atoms with Gasteiger partial charge < -0.3 is 27.3 Å². The lowest BCUT2D eigenvalue weighted by Crippen LogP contribution is -2.04. The molecule has 0 aliphatic heterocycles. The maximum atomic E-state index is 6.68. The van der Waals surface area contributed by atoms with E-state index < -0.39 is 0 Å². The van der Waals surface area contributed by atoms with Crippen LogP contribution in [0, 0.1) is 0 Å². The molecule has 9 nitrogen and oxygen atoms in total. The predicted molar refractivity (Wildman–Crippen MR) is 528 cm³/mol. The highest BCUT2D eigenvalue weighted by Crippen LogP contribution is 2.47. The highest BCUT2D eigenvalue weighted by atomic mass is 16.3. The molecule has 0 fully saturated rings. The van der Waals surface area contributed by atoms with Crippen LogP contribution in [0.4, 0.5) is 0 Å². The first-order valence-corrected chi connectivity index (χ1v) is 43.4. The van der Waals surface area contributed by atoms with E-state index in [-0.39, 0.29) is 0 Å². The van der Waals surface area contributed by atoms with Crippen LogP contribution in [0.3, 0.4) is 0 Å². The van der Waals surface area contributed by atoms with Crippen molar-refractivity contribution in [1.82, 2.24) is 37.4 Å². The number of benzene rings is 19. The van der Waals surface area contributed by atoms with Crippen molar-refractivity contribution in [1.29, 1.82) is 0 Å². The van der Waals surface area contributed by atoms with E-state index in [0.29, 0.717) is 5.95 Å². The molecule has 8 aromatic heterocycles. The molecule has 27 rings (SSSR count). The number of hydrogen-bond donors (Lipinski definition) is 0. The van der Waals surface area contributed by atoms with Crippen LogP contribution >= 0.6 is 0 Å². The van der Waals surface area contributed by atoms with E-state index in [1.807, 2.05) is 12.1 Å². The maximum Gasteiger partial charge on any atom is 0.235 e. The molecule has 9 heteroatoms. The van der Waals surface area contributed by atoms with Gasteiger partial charge in [0.2, 0.25) is 5.95 Å². The smallest absolute Gasteiger partial charge is 0.235 e. The monoisotopic (exact) mass is 1620 g/mol. The fraction of sp³-hybridized carbons (Fsp3) is 0. The van der Waals surface area contributed by atoms with Crippen LogP contribution in [0.15, 0.2) is 441 Å². The Morgan fingerprint density at radius 1 is 0.142 bits per heavy atom. The summed E-state index contributed by atoms with van der Waals surface area (Å²) in [6, 6.07) is 160. The van der Waals surface area contributed by atoms with Crippen molar-refractivity contribution in [3.63, 3.8) is 0 Å². The molecule has 590 valence electrons. The Hall–Kier alpha value is -17.1. The van der Waals surface area contributed by atoms with Gasteiger partial charge in [-0.1, -0.05) is 231 Å². The van der Waals surface area contributed by atoms with Crippen LogP contribution in [0.5, 0.6) is 0 Å². The molecule has 0 N–H and O–H groups in total. The Kier molecular flexibility index (Phi) is 15.4. The van der Waals surface area contributed by atoms with Crippen molar-refractivity contribution in [3.05, 3.63) is 437 Å². The summed E-state index contributed by atoms with van der Waals surface area (Å²) in [5, 5.41) is 16.3. The Labute approximate surface area is 727 Å². The number of furan rings is 1. The number of fused-ring (bicyclic) bond motifs is 21. The van der Waals surface area contributed by atoms with Gasteiger partial charge in [0.25, 0.3) is 0 Å². The minimum Gasteiger partial charge on any atom is -0.456 e. The Bertz CT molecular complexity index is 8830. The summed E-state index contributed by atoms with van der Waals surface area (Å²) in [5.74, 6) is 0.545. The Morgan fingerprint density at radius 3 is 0.693 bits per heavy atom. The van der Waals surface area contributed by atoms with Crippen LogP contribution in [-0.2, 0) is 0 Å². The summed E-state index contributed by atoms with van der Waals surface area (Å²) in [5.41, 5.74) is 33.1. The van der Waals surface area contributed by atoms with Crippen LogP contribution in [0.25, 0.3) is 254 Å². The SMILES string of the molecule is c1ccc(-n2c3ccccc3c3cc(-c4ccc5c(c4)c4cc(-c6ccc7c(c6)c6ccccc6n7-c6ccccc6)ccc4n5-c4ccc(-c5cc(-c6ccc7c(c6)oc6ccccc67)nc(-n6c7ccc(-c8ccc9c(c8)c8ccccc8n9-c8ccccc8)cc7c7cc(-c8ccc9c(c8)c8ccccc8n9-c8ccccc8)ccc76)n5)cc4)ccc32)cc1. The first-order chi connectivity index (χ1) is 62.9. The standard InChI is InChI=1S/C118H72N8O/c1-5-23-83(24-6-1)121-104-36-18-13-31-88(104)94-63-74(44-55-108(94)121)78-48-59-112-98(67-78)99-68-79(75-45-56-109-95(64-75)89-32-14-19-37-105(89)122(109)84-25-7-2-8-26-84)49-60-113(99)125(112)87-52-41-73(42-53-87)102-72-103(82-43-54-93-92-35-17-22-40-116(92)127-117(93)71-82)120-118(119-102)126-114-61-50-80(76-46-57-110-96(65-76)90-33-15-20-38-106(90)123(110)85-27-9-3-10-28-85)69-100(114)101-70-81(51-62-115(101)126)77-47-58-111-97(66-77)91-34-16-21-39-107(91)124(111)86-29-11-4-12-30-86/h1-72H. The second kappa shape index (κ2) is 27.7. The second-order valence-corrected chi connectivity index (χ2v) is 33.6. The van der Waals surface area contributed by atoms with Gasteiger partial charge in [0.15, 0.2) is 0 Å². The molecular weight excluding hydrogens is 1550 g/mol. The van der Waals surface area contributed by atoms with Gasteiger partial charge in [-0.2, -0.15) is 0 Å². The lowest BCUT2D eigenvalue weighted by molar-refractivity contribution is 0.669. The van der Waals surface area contributed by atoms with Crippen molar-refractivity contribution in [2.75, 3.05) is 0 Å². The molecule has 0 atom stereocenters. The van der Waals surface area contributed by atoms with Gasteiger partial charge in [-0.05, 0) is 251 Å². The van der Waals surface area contributed by atoms with Crippen molar-refractivity contribution in [3.8, 4) is 101 Å². The number of para-hydroxylation sites is 9. The summed E-state index contributed by atoms with van der Waals surface area (Å²) in [6.07, 6.45) is 0. The topological polar surface area (TPSA) is 68.5 Å². The third-order valence-electron chi connectivity index (χ3n) is 26.6. The molecule has 0 spiro atoms. The molecule has 19 aromatic carbocycles. The van der Waals surface area contributed by atoms with Crippen LogP contribution in [0.1, 0.15) is 0 Å². The van der Waals surface area contributed by atoms with Crippen molar-refractivity contribution >= 4 is 153 Å². The number of rotatable bonds is 12. The third-order valence-corrected chi connectivity index (χ3v) is 26.6. The molecule has 0 aliphatic rings. The molecule has 0 radical (unpaired) electrons. The lowest BCUT2D eigenvalue weighted by atomic mass is 9.98. The lowest BCUT2D eigenvalue weighted by Gasteiger charge is -2.13. The molecule has 0 saturated carbocycles. The largest absolute Gasteiger partial charge is 0.456 e. The zero-order valence-corrected chi connectivity index (χ0v) is 68.6. The zero-order chi connectivity index (χ0) is 83.1. The summed E-state index contributed by atoms with van der Waals surface area (Å²) >= 11 is 0. The molecule has 27 aromatic rings. The average Bonchev–Trinajstić information content (AvgIpc) is 1.58. The highest BCUT2D eigenvalue weighted by Gasteiger charge is 2.25. The minimum absolute atomic E-state index is 0.545. The van der Waals surface area contributed by atoms with Gasteiger partial charge in [0.1, 0.15) is 11.2 Å². The highest BCUT2D eigenvalue weighted by molar-refractivity contribution is 6.18. The predicted octanol–water partition coefficient (Wildman–Crippen LogP) is 31.0. The summed E-state index contributed by atoms with van der Waals surface area (Å²) < 4.78 is 20.9. The number of aromatic nitrogens is 8. The quantitative estimate of drug-likeness (QED) is 0.122. The van der Waals surface area contributed by atoms with Crippen LogP contribution < -0.4 is 0 Å². The van der Waals surface area contributed by atoms with E-state index >= 15 is 0 Å².